The van der Waals surface area contributed by atoms with Crippen LogP contribution in [0.1, 0.15) is 12.0 Å². The lowest BCUT2D eigenvalue weighted by Gasteiger charge is -2.14. The molecule has 0 radical (unpaired) electrons. The van der Waals surface area contributed by atoms with Crippen molar-refractivity contribution in [3.05, 3.63) is 34.3 Å². The molecule has 2 rings (SSSR count). The van der Waals surface area contributed by atoms with Crippen LogP contribution < -0.4 is 5.76 Å². The van der Waals surface area contributed by atoms with Crippen LogP contribution in [0.3, 0.4) is 0 Å². The van der Waals surface area contributed by atoms with E-state index < -0.39 is 0 Å². The maximum atomic E-state index is 11.4. The van der Waals surface area contributed by atoms with E-state index in [4.69, 9.17) is 9.68 Å². The molecule has 0 saturated heterocycles. The smallest absolute Gasteiger partial charge is 0.408 e. The van der Waals surface area contributed by atoms with Gasteiger partial charge in [0.1, 0.15) is 0 Å². The second kappa shape index (κ2) is 5.07. The molecule has 2 aromatic rings. The fraction of sp³-hybridized carbons (Fsp3) is 0.385. The van der Waals surface area contributed by atoms with Crippen molar-refractivity contribution < 1.29 is 4.42 Å². The molecule has 18 heavy (non-hydrogen) atoms. The van der Waals surface area contributed by atoms with Crippen LogP contribution in [0.25, 0.3) is 11.1 Å². The number of nitrogens with zero attached hydrogens (tertiary/aromatic N) is 3. The van der Waals surface area contributed by atoms with Gasteiger partial charge in [0.2, 0.25) is 0 Å². The van der Waals surface area contributed by atoms with Gasteiger partial charge < -0.3 is 9.32 Å². The van der Waals surface area contributed by atoms with E-state index in [1.165, 1.54) is 4.57 Å². The second-order valence-electron chi connectivity index (χ2n) is 4.37. The molecule has 5 heteroatoms. The lowest BCUT2D eigenvalue weighted by molar-refractivity contribution is 0.335. The third-order valence-electron chi connectivity index (χ3n) is 2.91. The zero-order valence-corrected chi connectivity index (χ0v) is 10.5. The molecule has 1 heterocycles. The molecule has 5 nitrogen and oxygen atoms in total. The van der Waals surface area contributed by atoms with Gasteiger partial charge in [-0.25, -0.2) is 4.79 Å². The first kappa shape index (κ1) is 12.4. The molecule has 0 amide bonds. The van der Waals surface area contributed by atoms with Gasteiger partial charge in [0, 0.05) is 26.6 Å². The minimum atomic E-state index is -0.347. The Morgan fingerprint density at radius 2 is 2.28 bits per heavy atom. The molecule has 0 fully saturated rings. The molecular formula is C13H15N3O2. The van der Waals surface area contributed by atoms with Gasteiger partial charge in [-0.05, 0) is 24.7 Å². The fourth-order valence-corrected chi connectivity index (χ4v) is 1.91. The predicted octanol–water partition coefficient (Wildman–Crippen LogP) is 1.48. The minimum Gasteiger partial charge on any atom is -0.408 e. The Balaban J connectivity index is 2.20. The molecule has 0 aliphatic carbocycles. The number of hydrogen-bond acceptors (Lipinski definition) is 4. The molecule has 0 saturated carbocycles. The van der Waals surface area contributed by atoms with E-state index in [0.717, 1.165) is 24.2 Å². The average molecular weight is 245 g/mol. The van der Waals surface area contributed by atoms with Gasteiger partial charge >= 0.3 is 5.76 Å². The summed E-state index contributed by atoms with van der Waals surface area (Å²) in [4.78, 5) is 13.4. The fourth-order valence-electron chi connectivity index (χ4n) is 1.91. The van der Waals surface area contributed by atoms with Crippen molar-refractivity contribution >= 4 is 11.1 Å². The van der Waals surface area contributed by atoms with Crippen molar-refractivity contribution in [2.75, 3.05) is 13.6 Å². The highest BCUT2D eigenvalue weighted by molar-refractivity contribution is 5.73. The number of fused-ring (bicyclic) bond motifs is 1. The van der Waals surface area contributed by atoms with Crippen molar-refractivity contribution in [1.82, 2.24) is 9.47 Å². The summed E-state index contributed by atoms with van der Waals surface area (Å²) in [6.45, 7) is 1.46. The van der Waals surface area contributed by atoms with E-state index >= 15 is 0 Å². The molecule has 0 bridgehead atoms. The van der Waals surface area contributed by atoms with Crippen LogP contribution in [-0.4, -0.2) is 23.1 Å². The first-order valence-electron chi connectivity index (χ1n) is 5.76. The number of rotatable bonds is 4. The monoisotopic (exact) mass is 245 g/mol. The third-order valence-corrected chi connectivity index (χ3v) is 2.91. The second-order valence-corrected chi connectivity index (χ2v) is 4.37. The maximum Gasteiger partial charge on any atom is 0.419 e. The van der Waals surface area contributed by atoms with Crippen LogP contribution in [0.2, 0.25) is 0 Å². The first-order valence-corrected chi connectivity index (χ1v) is 5.76. The Morgan fingerprint density at radius 3 is 3.00 bits per heavy atom. The molecule has 1 aromatic carbocycles. The summed E-state index contributed by atoms with van der Waals surface area (Å²) in [5.41, 5.74) is 2.47. The predicted molar refractivity (Wildman–Crippen MR) is 68.0 cm³/mol. The van der Waals surface area contributed by atoms with Gasteiger partial charge in [-0.1, -0.05) is 6.07 Å². The summed E-state index contributed by atoms with van der Waals surface area (Å²) in [5, 5.41) is 8.53. The van der Waals surface area contributed by atoms with Crippen LogP contribution in [0, 0.1) is 11.3 Å². The largest absolute Gasteiger partial charge is 0.419 e. The van der Waals surface area contributed by atoms with Gasteiger partial charge in [-0.15, -0.1) is 0 Å². The van der Waals surface area contributed by atoms with Crippen LogP contribution in [-0.2, 0) is 13.6 Å². The van der Waals surface area contributed by atoms with Gasteiger partial charge in [0.25, 0.3) is 0 Å². The quantitative estimate of drug-likeness (QED) is 0.818. The van der Waals surface area contributed by atoms with E-state index in [9.17, 15) is 4.79 Å². The molecule has 0 N–H and O–H groups in total. The number of benzene rings is 1. The summed E-state index contributed by atoms with van der Waals surface area (Å²) in [6, 6.07) is 7.85. The summed E-state index contributed by atoms with van der Waals surface area (Å²) in [5.74, 6) is -0.347. The van der Waals surface area contributed by atoms with Crippen molar-refractivity contribution in [3.8, 4) is 6.07 Å². The summed E-state index contributed by atoms with van der Waals surface area (Å²) in [6.07, 6.45) is 0.513. The molecular weight excluding hydrogens is 230 g/mol. The number of aryl methyl sites for hydroxylation is 1. The van der Waals surface area contributed by atoms with Crippen molar-refractivity contribution in [2.24, 2.45) is 7.05 Å². The highest BCUT2D eigenvalue weighted by Crippen LogP contribution is 2.15. The molecule has 0 unspecified atom stereocenters. The average Bonchev–Trinajstić information content (AvgIpc) is 2.62. The molecule has 0 atom stereocenters. The zero-order valence-electron chi connectivity index (χ0n) is 10.5. The summed E-state index contributed by atoms with van der Waals surface area (Å²) in [7, 11) is 3.65. The number of nitriles is 1. The lowest BCUT2D eigenvalue weighted by Crippen LogP contribution is -2.18. The highest BCUT2D eigenvalue weighted by Gasteiger charge is 2.07. The Kier molecular flexibility index (Phi) is 3.49. The number of hydrogen-bond donors (Lipinski definition) is 0. The number of aromatic nitrogens is 1. The van der Waals surface area contributed by atoms with Gasteiger partial charge in [-0.2, -0.15) is 5.26 Å². The van der Waals surface area contributed by atoms with E-state index in [0.29, 0.717) is 12.0 Å². The topological polar surface area (TPSA) is 62.2 Å². The van der Waals surface area contributed by atoms with Crippen molar-refractivity contribution in [1.29, 1.82) is 5.26 Å². The maximum absolute atomic E-state index is 11.4. The summed E-state index contributed by atoms with van der Waals surface area (Å²) < 4.78 is 6.62. The Labute approximate surface area is 105 Å². The molecule has 1 aromatic heterocycles. The van der Waals surface area contributed by atoms with Gasteiger partial charge in [0.15, 0.2) is 5.58 Å². The summed E-state index contributed by atoms with van der Waals surface area (Å²) >= 11 is 0. The minimum absolute atomic E-state index is 0.347. The van der Waals surface area contributed by atoms with E-state index in [-0.39, 0.29) is 5.76 Å². The molecule has 94 valence electrons. The highest BCUT2D eigenvalue weighted by atomic mass is 16.4. The normalized spacial score (nSPS) is 11.0. The van der Waals surface area contributed by atoms with Gasteiger partial charge in [0.05, 0.1) is 11.6 Å². The number of oxazole rings is 1. The lowest BCUT2D eigenvalue weighted by atomic mass is 10.2. The van der Waals surface area contributed by atoms with Crippen LogP contribution in [0.4, 0.5) is 0 Å². The van der Waals surface area contributed by atoms with Gasteiger partial charge in [-0.3, -0.25) is 4.57 Å². The van der Waals surface area contributed by atoms with E-state index in [2.05, 4.69) is 11.0 Å². The first-order chi connectivity index (χ1) is 8.61. The standard InChI is InChI=1S/C13H15N3O2/c1-15(7-3-6-14)9-10-4-5-11-12(8-10)18-13(17)16(11)2/h4-5,8H,3,7,9H2,1-2H3. The molecule has 0 aliphatic heterocycles. The molecule has 0 aliphatic rings. The van der Waals surface area contributed by atoms with Crippen LogP contribution in [0.5, 0.6) is 0 Å². The van der Waals surface area contributed by atoms with Crippen molar-refractivity contribution in [3.63, 3.8) is 0 Å². The Hall–Kier alpha value is -2.06. The van der Waals surface area contributed by atoms with Crippen LogP contribution in [0.15, 0.2) is 27.4 Å². The van der Waals surface area contributed by atoms with Crippen molar-refractivity contribution in [2.45, 2.75) is 13.0 Å². The van der Waals surface area contributed by atoms with E-state index in [1.54, 1.807) is 7.05 Å². The zero-order chi connectivity index (χ0) is 13.1. The molecule has 0 spiro atoms. The third kappa shape index (κ3) is 2.44. The van der Waals surface area contributed by atoms with Crippen LogP contribution >= 0.6 is 0 Å². The Morgan fingerprint density at radius 1 is 1.50 bits per heavy atom. The SMILES string of the molecule is CN(CCC#N)Cc1ccc2c(c1)oc(=O)n2C. The van der Waals surface area contributed by atoms with E-state index in [1.807, 2.05) is 25.2 Å². The Bertz CT molecular complexity index is 648.